The van der Waals surface area contributed by atoms with Crippen LogP contribution >= 0.6 is 0 Å². The third kappa shape index (κ3) is 4.04. The van der Waals surface area contributed by atoms with E-state index in [-0.39, 0.29) is 18.3 Å². The zero-order valence-corrected chi connectivity index (χ0v) is 14.7. The highest BCUT2D eigenvalue weighted by atomic mass is 16.6. The van der Waals surface area contributed by atoms with E-state index in [2.05, 4.69) is 10.3 Å². The minimum Gasteiger partial charge on any atom is -0.444 e. The summed E-state index contributed by atoms with van der Waals surface area (Å²) in [4.78, 5) is 30.3. The number of anilines is 1. The Bertz CT molecular complexity index is 693. The van der Waals surface area contributed by atoms with Crippen molar-refractivity contribution in [3.8, 4) is 0 Å². The third-order valence-electron chi connectivity index (χ3n) is 3.66. The van der Waals surface area contributed by atoms with Gasteiger partial charge in [0.1, 0.15) is 5.60 Å². The quantitative estimate of drug-likeness (QED) is 0.771. The first-order valence-corrected chi connectivity index (χ1v) is 7.73. The van der Waals surface area contributed by atoms with Crippen molar-refractivity contribution in [2.45, 2.75) is 45.3 Å². The molecule has 0 saturated heterocycles. The first kappa shape index (κ1) is 17.8. The lowest BCUT2D eigenvalue weighted by Gasteiger charge is -2.35. The SMILES string of the molecule is CN1C(=O)C[C@@](C)(c2cccc(N)c2)N=C1NC(=O)OC(C)(C)C. The summed E-state index contributed by atoms with van der Waals surface area (Å²) in [7, 11) is 1.57. The smallest absolute Gasteiger partial charge is 0.414 e. The molecule has 0 radical (unpaired) electrons. The molecule has 1 heterocycles. The summed E-state index contributed by atoms with van der Waals surface area (Å²) in [5, 5.41) is 2.56. The second kappa shape index (κ2) is 6.14. The molecule has 7 nitrogen and oxygen atoms in total. The maximum absolute atomic E-state index is 12.4. The molecular weight excluding hydrogens is 308 g/mol. The van der Waals surface area contributed by atoms with E-state index >= 15 is 0 Å². The van der Waals surface area contributed by atoms with Gasteiger partial charge in [0.05, 0.1) is 12.0 Å². The van der Waals surface area contributed by atoms with Crippen LogP contribution in [0.1, 0.15) is 39.7 Å². The fourth-order valence-electron chi connectivity index (χ4n) is 2.43. The molecule has 1 aromatic carbocycles. The number of nitrogens with zero attached hydrogens (tertiary/aromatic N) is 2. The molecule has 1 aromatic rings. The molecule has 0 bridgehead atoms. The van der Waals surface area contributed by atoms with Crippen molar-refractivity contribution in [2.75, 3.05) is 12.8 Å². The predicted molar refractivity (Wildman–Crippen MR) is 92.4 cm³/mol. The lowest BCUT2D eigenvalue weighted by molar-refractivity contribution is -0.128. The van der Waals surface area contributed by atoms with Crippen LogP contribution in [0.3, 0.4) is 0 Å². The van der Waals surface area contributed by atoms with Crippen molar-refractivity contribution in [1.82, 2.24) is 10.2 Å². The van der Waals surface area contributed by atoms with Gasteiger partial charge in [0.25, 0.3) is 0 Å². The molecule has 3 N–H and O–H groups in total. The van der Waals surface area contributed by atoms with Crippen LogP contribution < -0.4 is 11.1 Å². The molecule has 1 atom stereocenters. The van der Waals surface area contributed by atoms with Crippen molar-refractivity contribution < 1.29 is 14.3 Å². The highest BCUT2D eigenvalue weighted by molar-refractivity contribution is 6.04. The Morgan fingerprint density at radius 2 is 2.08 bits per heavy atom. The van der Waals surface area contributed by atoms with E-state index in [1.165, 1.54) is 4.90 Å². The number of amides is 2. The molecule has 7 heteroatoms. The Balaban J connectivity index is 2.33. The predicted octanol–water partition coefficient (Wildman–Crippen LogP) is 2.23. The standard InChI is InChI=1S/C17H24N4O3/c1-16(2,3)24-15(23)19-14-20-17(4,10-13(22)21(14)5)11-7-6-8-12(18)9-11/h6-9H,10,18H2,1-5H3,(H,19,20,23)/t17-/m0/s1. The number of hydrogen-bond acceptors (Lipinski definition) is 5. The molecule has 1 aliphatic heterocycles. The molecule has 1 aliphatic rings. The summed E-state index contributed by atoms with van der Waals surface area (Å²) in [5.41, 5.74) is 5.80. The largest absolute Gasteiger partial charge is 0.444 e. The maximum atomic E-state index is 12.4. The molecule has 0 spiro atoms. The molecule has 0 aliphatic carbocycles. The second-order valence-corrected chi connectivity index (χ2v) is 7.09. The van der Waals surface area contributed by atoms with E-state index in [0.717, 1.165) is 5.56 Å². The number of carbonyl (C=O) groups excluding carboxylic acids is 2. The minimum atomic E-state index is -0.802. The Morgan fingerprint density at radius 1 is 1.42 bits per heavy atom. The number of nitrogens with two attached hydrogens (primary N) is 1. The van der Waals surface area contributed by atoms with Gasteiger partial charge in [-0.3, -0.25) is 15.0 Å². The zero-order chi connectivity index (χ0) is 18.1. The van der Waals surface area contributed by atoms with Crippen molar-refractivity contribution in [3.05, 3.63) is 29.8 Å². The third-order valence-corrected chi connectivity index (χ3v) is 3.66. The van der Waals surface area contributed by atoms with Gasteiger partial charge in [0, 0.05) is 12.7 Å². The van der Waals surface area contributed by atoms with Crippen molar-refractivity contribution >= 4 is 23.6 Å². The Hall–Kier alpha value is -2.57. The van der Waals surface area contributed by atoms with Crippen LogP contribution in [0.4, 0.5) is 10.5 Å². The summed E-state index contributed by atoms with van der Waals surface area (Å²) >= 11 is 0. The Labute approximate surface area is 141 Å². The number of alkyl carbamates (subject to hydrolysis) is 1. The number of nitrogens with one attached hydrogen (secondary N) is 1. The lowest BCUT2D eigenvalue weighted by Crippen LogP contribution is -2.52. The van der Waals surface area contributed by atoms with E-state index in [1.807, 2.05) is 19.1 Å². The van der Waals surface area contributed by atoms with Gasteiger partial charge in [-0.25, -0.2) is 9.79 Å². The van der Waals surface area contributed by atoms with Crippen LogP contribution in [-0.2, 0) is 15.1 Å². The number of nitrogen functional groups attached to an aromatic ring is 1. The van der Waals surface area contributed by atoms with Gasteiger partial charge < -0.3 is 10.5 Å². The van der Waals surface area contributed by atoms with E-state index in [9.17, 15) is 9.59 Å². The van der Waals surface area contributed by atoms with E-state index < -0.39 is 17.2 Å². The number of hydrogen-bond donors (Lipinski definition) is 2. The summed E-state index contributed by atoms with van der Waals surface area (Å²) in [6, 6.07) is 7.24. The molecule has 0 fully saturated rings. The fraction of sp³-hybridized carbons (Fsp3) is 0.471. The van der Waals surface area contributed by atoms with E-state index in [1.54, 1.807) is 40.0 Å². The zero-order valence-electron chi connectivity index (χ0n) is 14.7. The molecule has 0 saturated carbocycles. The summed E-state index contributed by atoms with van der Waals surface area (Å²) in [6.07, 6.45) is -0.468. The molecule has 24 heavy (non-hydrogen) atoms. The highest BCUT2D eigenvalue weighted by Gasteiger charge is 2.37. The Kier molecular flexibility index (Phi) is 4.55. The summed E-state index contributed by atoms with van der Waals surface area (Å²) in [6.45, 7) is 7.13. The molecule has 130 valence electrons. The minimum absolute atomic E-state index is 0.152. The summed E-state index contributed by atoms with van der Waals surface area (Å²) in [5.74, 6) is 0.00593. The van der Waals surface area contributed by atoms with Crippen LogP contribution in [0.25, 0.3) is 0 Å². The first-order valence-electron chi connectivity index (χ1n) is 7.73. The fourth-order valence-corrected chi connectivity index (χ4v) is 2.43. The average Bonchev–Trinajstić information content (AvgIpc) is 2.42. The van der Waals surface area contributed by atoms with Gasteiger partial charge in [-0.15, -0.1) is 0 Å². The molecule has 2 rings (SSSR count). The monoisotopic (exact) mass is 332 g/mol. The second-order valence-electron chi connectivity index (χ2n) is 7.09. The Morgan fingerprint density at radius 3 is 2.67 bits per heavy atom. The summed E-state index contributed by atoms with van der Waals surface area (Å²) < 4.78 is 5.23. The van der Waals surface area contributed by atoms with Crippen LogP contribution in [0.5, 0.6) is 0 Å². The topological polar surface area (TPSA) is 97.0 Å². The van der Waals surface area contributed by atoms with Crippen molar-refractivity contribution in [1.29, 1.82) is 0 Å². The molecule has 0 unspecified atom stereocenters. The first-order chi connectivity index (χ1) is 11.0. The van der Waals surface area contributed by atoms with Crippen LogP contribution in [-0.4, -0.2) is 35.5 Å². The lowest BCUT2D eigenvalue weighted by atomic mass is 9.87. The number of benzene rings is 1. The van der Waals surface area contributed by atoms with Gasteiger partial charge >= 0.3 is 6.09 Å². The number of rotatable bonds is 1. The number of ether oxygens (including phenoxy) is 1. The number of guanidine groups is 1. The normalized spacial score (nSPS) is 21.3. The van der Waals surface area contributed by atoms with Gasteiger partial charge in [-0.2, -0.15) is 0 Å². The number of aliphatic imine (C=N–C) groups is 1. The van der Waals surface area contributed by atoms with Crippen LogP contribution in [0.2, 0.25) is 0 Å². The maximum Gasteiger partial charge on any atom is 0.414 e. The van der Waals surface area contributed by atoms with Crippen LogP contribution in [0, 0.1) is 0 Å². The highest BCUT2D eigenvalue weighted by Crippen LogP contribution is 2.33. The average molecular weight is 332 g/mol. The van der Waals surface area contributed by atoms with Gasteiger partial charge in [0.15, 0.2) is 0 Å². The van der Waals surface area contributed by atoms with Crippen molar-refractivity contribution in [2.24, 2.45) is 4.99 Å². The van der Waals surface area contributed by atoms with E-state index in [0.29, 0.717) is 5.69 Å². The van der Waals surface area contributed by atoms with Crippen LogP contribution in [0.15, 0.2) is 29.3 Å². The van der Waals surface area contributed by atoms with Gasteiger partial charge in [0.2, 0.25) is 11.9 Å². The number of carbonyl (C=O) groups is 2. The molecule has 2 amide bonds. The van der Waals surface area contributed by atoms with E-state index in [4.69, 9.17) is 10.5 Å². The van der Waals surface area contributed by atoms with Crippen molar-refractivity contribution in [3.63, 3.8) is 0 Å². The molecule has 0 aromatic heterocycles. The van der Waals surface area contributed by atoms with Gasteiger partial charge in [-0.1, -0.05) is 12.1 Å². The molecular formula is C17H24N4O3. The van der Waals surface area contributed by atoms with Gasteiger partial charge in [-0.05, 0) is 45.4 Å².